The Kier molecular flexibility index (Phi) is 5.48. The van der Waals surface area contributed by atoms with E-state index in [4.69, 9.17) is 0 Å². The number of benzene rings is 2. The van der Waals surface area contributed by atoms with Crippen LogP contribution in [0.15, 0.2) is 84.5 Å². The standard InChI is InChI=1S/C20H18O/c1-17(12-13-18-8-4-2-5-9-18)16-20(21)15-14-19-10-6-3-7-11-19/h2-16H,1H3/b13-12+,15-14+,17-16+. The van der Waals surface area contributed by atoms with Gasteiger partial charge in [-0.3, -0.25) is 4.79 Å². The molecule has 1 nitrogen and oxygen atoms in total. The predicted molar refractivity (Wildman–Crippen MR) is 89.7 cm³/mol. The zero-order valence-corrected chi connectivity index (χ0v) is 12.1. The van der Waals surface area contributed by atoms with Crippen molar-refractivity contribution in [2.45, 2.75) is 6.92 Å². The van der Waals surface area contributed by atoms with Gasteiger partial charge in [-0.05, 0) is 35.8 Å². The van der Waals surface area contributed by atoms with E-state index in [0.717, 1.165) is 16.7 Å². The minimum absolute atomic E-state index is 0.00550. The number of hydrogen-bond donors (Lipinski definition) is 0. The van der Waals surface area contributed by atoms with Crippen LogP contribution < -0.4 is 0 Å². The largest absolute Gasteiger partial charge is 0.290 e. The second kappa shape index (κ2) is 7.81. The first-order valence-electron chi connectivity index (χ1n) is 6.92. The summed E-state index contributed by atoms with van der Waals surface area (Å²) in [6.45, 7) is 1.92. The fraction of sp³-hybridized carbons (Fsp3) is 0.0500. The molecule has 0 heterocycles. The van der Waals surface area contributed by atoms with E-state index >= 15 is 0 Å². The Balaban J connectivity index is 1.97. The Morgan fingerprint density at radius 2 is 1.24 bits per heavy atom. The summed E-state index contributed by atoms with van der Waals surface area (Å²) in [4.78, 5) is 11.8. The second-order valence-corrected chi connectivity index (χ2v) is 4.78. The van der Waals surface area contributed by atoms with Gasteiger partial charge in [-0.25, -0.2) is 0 Å². The molecule has 0 amide bonds. The molecule has 0 bridgehead atoms. The molecule has 2 aromatic carbocycles. The highest BCUT2D eigenvalue weighted by Gasteiger charge is 1.92. The normalized spacial score (nSPS) is 12.1. The number of rotatable bonds is 5. The maximum atomic E-state index is 11.8. The van der Waals surface area contributed by atoms with Crippen molar-refractivity contribution in [3.05, 3.63) is 95.6 Å². The first-order chi connectivity index (χ1) is 10.2. The summed E-state index contributed by atoms with van der Waals surface area (Å²) in [6.07, 6.45) is 9.00. The number of hydrogen-bond acceptors (Lipinski definition) is 1. The van der Waals surface area contributed by atoms with Crippen LogP contribution in [-0.4, -0.2) is 5.78 Å². The number of carbonyl (C=O) groups excluding carboxylic acids is 1. The lowest BCUT2D eigenvalue weighted by Gasteiger charge is -1.93. The molecule has 0 aromatic heterocycles. The van der Waals surface area contributed by atoms with Gasteiger partial charge in [0.2, 0.25) is 0 Å². The highest BCUT2D eigenvalue weighted by atomic mass is 16.1. The lowest BCUT2D eigenvalue weighted by Crippen LogP contribution is -1.87. The van der Waals surface area contributed by atoms with Gasteiger partial charge in [0, 0.05) is 0 Å². The Labute approximate surface area is 126 Å². The van der Waals surface area contributed by atoms with E-state index in [1.165, 1.54) is 0 Å². The maximum Gasteiger partial charge on any atom is 0.178 e. The van der Waals surface area contributed by atoms with Gasteiger partial charge in [-0.15, -0.1) is 0 Å². The first-order valence-corrected chi connectivity index (χ1v) is 6.92. The molecular formula is C20H18O. The maximum absolute atomic E-state index is 11.8. The molecule has 1 heteroatoms. The zero-order chi connectivity index (χ0) is 14.9. The van der Waals surface area contributed by atoms with Crippen molar-refractivity contribution in [3.8, 4) is 0 Å². The Bertz CT molecular complexity index is 661. The van der Waals surface area contributed by atoms with E-state index in [9.17, 15) is 4.79 Å². The van der Waals surface area contributed by atoms with Crippen LogP contribution in [0.3, 0.4) is 0 Å². The molecule has 0 unspecified atom stereocenters. The Morgan fingerprint density at radius 1 is 0.762 bits per heavy atom. The van der Waals surface area contributed by atoms with Crippen molar-refractivity contribution in [1.29, 1.82) is 0 Å². The smallest absolute Gasteiger partial charge is 0.178 e. The van der Waals surface area contributed by atoms with Crippen LogP contribution in [0, 0.1) is 0 Å². The molecular weight excluding hydrogens is 256 g/mol. The molecule has 104 valence electrons. The third kappa shape index (κ3) is 5.45. The second-order valence-electron chi connectivity index (χ2n) is 4.78. The summed E-state index contributed by atoms with van der Waals surface area (Å²) < 4.78 is 0. The number of carbonyl (C=O) groups is 1. The summed E-state index contributed by atoms with van der Waals surface area (Å²) in [5, 5.41) is 0. The van der Waals surface area contributed by atoms with Gasteiger partial charge in [0.25, 0.3) is 0 Å². The van der Waals surface area contributed by atoms with E-state index in [0.29, 0.717) is 0 Å². The van der Waals surface area contributed by atoms with Crippen LogP contribution in [0.5, 0.6) is 0 Å². The number of ketones is 1. The van der Waals surface area contributed by atoms with Crippen molar-refractivity contribution >= 4 is 17.9 Å². The topological polar surface area (TPSA) is 17.1 Å². The van der Waals surface area contributed by atoms with E-state index in [2.05, 4.69) is 0 Å². The third-order valence-corrected chi connectivity index (χ3v) is 2.95. The quantitative estimate of drug-likeness (QED) is 0.558. The molecule has 0 aliphatic carbocycles. The van der Waals surface area contributed by atoms with Crippen LogP contribution in [0.2, 0.25) is 0 Å². The van der Waals surface area contributed by atoms with Gasteiger partial charge < -0.3 is 0 Å². The highest BCUT2D eigenvalue weighted by Crippen LogP contribution is 2.06. The molecule has 0 atom stereocenters. The highest BCUT2D eigenvalue weighted by molar-refractivity contribution is 6.02. The zero-order valence-electron chi connectivity index (χ0n) is 12.1. The lowest BCUT2D eigenvalue weighted by molar-refractivity contribution is -0.110. The summed E-state index contributed by atoms with van der Waals surface area (Å²) in [7, 11) is 0. The van der Waals surface area contributed by atoms with Crippen molar-refractivity contribution in [2.75, 3.05) is 0 Å². The monoisotopic (exact) mass is 274 g/mol. The number of allylic oxidation sites excluding steroid dienone is 4. The molecule has 0 saturated heterocycles. The van der Waals surface area contributed by atoms with Gasteiger partial charge in [0.15, 0.2) is 5.78 Å². The van der Waals surface area contributed by atoms with Crippen LogP contribution >= 0.6 is 0 Å². The minimum Gasteiger partial charge on any atom is -0.290 e. The molecule has 21 heavy (non-hydrogen) atoms. The lowest BCUT2D eigenvalue weighted by atomic mass is 10.1. The minimum atomic E-state index is -0.00550. The van der Waals surface area contributed by atoms with Crippen molar-refractivity contribution < 1.29 is 4.79 Å². The van der Waals surface area contributed by atoms with E-state index in [-0.39, 0.29) is 5.78 Å². The van der Waals surface area contributed by atoms with Crippen LogP contribution in [0.4, 0.5) is 0 Å². The molecule has 0 fully saturated rings. The van der Waals surface area contributed by atoms with Gasteiger partial charge >= 0.3 is 0 Å². The SMILES string of the molecule is CC(/C=C/c1ccccc1)=C\C(=O)/C=C/c1ccccc1. The Morgan fingerprint density at radius 3 is 1.76 bits per heavy atom. The summed E-state index contributed by atoms with van der Waals surface area (Å²) in [6, 6.07) is 19.8. The van der Waals surface area contributed by atoms with Gasteiger partial charge in [-0.2, -0.15) is 0 Å². The molecule has 0 spiro atoms. The summed E-state index contributed by atoms with van der Waals surface area (Å²) in [5.74, 6) is -0.00550. The summed E-state index contributed by atoms with van der Waals surface area (Å²) >= 11 is 0. The average Bonchev–Trinajstić information content (AvgIpc) is 2.53. The van der Waals surface area contributed by atoms with E-state index in [1.54, 1.807) is 12.2 Å². The molecule has 0 aliphatic rings. The first kappa shape index (κ1) is 14.7. The molecule has 2 rings (SSSR count). The van der Waals surface area contributed by atoms with E-state index in [1.807, 2.05) is 85.8 Å². The third-order valence-electron chi connectivity index (χ3n) is 2.95. The van der Waals surface area contributed by atoms with E-state index < -0.39 is 0 Å². The fourth-order valence-electron chi connectivity index (χ4n) is 1.85. The van der Waals surface area contributed by atoms with Crippen LogP contribution in [0.25, 0.3) is 12.2 Å². The van der Waals surface area contributed by atoms with Crippen molar-refractivity contribution in [1.82, 2.24) is 0 Å². The molecule has 0 N–H and O–H groups in total. The summed E-state index contributed by atoms with van der Waals surface area (Å²) in [5.41, 5.74) is 3.08. The van der Waals surface area contributed by atoms with Crippen LogP contribution in [-0.2, 0) is 4.79 Å². The van der Waals surface area contributed by atoms with Crippen molar-refractivity contribution in [3.63, 3.8) is 0 Å². The molecule has 0 aliphatic heterocycles. The fourth-order valence-corrected chi connectivity index (χ4v) is 1.85. The predicted octanol–water partition coefficient (Wildman–Crippen LogP) is 4.93. The van der Waals surface area contributed by atoms with Gasteiger partial charge in [-0.1, -0.05) is 78.9 Å². The van der Waals surface area contributed by atoms with Gasteiger partial charge in [0.1, 0.15) is 0 Å². The van der Waals surface area contributed by atoms with Crippen LogP contribution in [0.1, 0.15) is 18.1 Å². The molecule has 0 radical (unpaired) electrons. The molecule has 0 saturated carbocycles. The Hall–Kier alpha value is -2.67. The van der Waals surface area contributed by atoms with Gasteiger partial charge in [0.05, 0.1) is 0 Å². The molecule has 2 aromatic rings. The average molecular weight is 274 g/mol. The van der Waals surface area contributed by atoms with Crippen molar-refractivity contribution in [2.24, 2.45) is 0 Å².